The highest BCUT2D eigenvalue weighted by atomic mass is 16.5. The minimum absolute atomic E-state index is 0.0692. The van der Waals surface area contributed by atoms with Gasteiger partial charge in [-0.3, -0.25) is 4.79 Å². The smallest absolute Gasteiger partial charge is 0.408 e. The Bertz CT molecular complexity index is 985. The molecule has 168 valence electrons. The molecule has 0 heterocycles. The van der Waals surface area contributed by atoms with E-state index in [4.69, 9.17) is 4.74 Å². The maximum Gasteiger partial charge on any atom is 0.408 e. The number of hydrogen-bond donors (Lipinski definition) is 3. The van der Waals surface area contributed by atoms with Crippen LogP contribution in [0.3, 0.4) is 0 Å². The monoisotopic (exact) mass is 436 g/mol. The SMILES string of the molecule is CCC[C@@H](NC(=O)C1(NC(=O)OCC2c3ccccc3-c3ccccc32)CCC1)C(=O)O. The van der Waals surface area contributed by atoms with Crippen molar-refractivity contribution in [1.29, 1.82) is 0 Å². The molecule has 1 saturated carbocycles. The topological polar surface area (TPSA) is 105 Å². The molecule has 0 unspecified atom stereocenters. The van der Waals surface area contributed by atoms with Crippen LogP contribution in [-0.2, 0) is 14.3 Å². The Labute approximate surface area is 187 Å². The normalized spacial score (nSPS) is 16.8. The van der Waals surface area contributed by atoms with E-state index in [-0.39, 0.29) is 12.5 Å². The molecule has 2 aliphatic rings. The maximum absolute atomic E-state index is 12.8. The summed E-state index contributed by atoms with van der Waals surface area (Å²) in [6.07, 6.45) is 2.00. The zero-order valence-corrected chi connectivity index (χ0v) is 18.1. The molecule has 7 nitrogen and oxygen atoms in total. The van der Waals surface area contributed by atoms with Crippen LogP contribution in [0.1, 0.15) is 56.1 Å². The van der Waals surface area contributed by atoms with E-state index in [1.807, 2.05) is 43.3 Å². The van der Waals surface area contributed by atoms with Crippen molar-refractivity contribution < 1.29 is 24.2 Å². The number of alkyl carbamates (subject to hydrolysis) is 1. The zero-order valence-electron chi connectivity index (χ0n) is 18.1. The summed E-state index contributed by atoms with van der Waals surface area (Å²) in [5.74, 6) is -1.60. The van der Waals surface area contributed by atoms with Crippen molar-refractivity contribution in [1.82, 2.24) is 10.6 Å². The molecule has 2 aromatic rings. The third-order valence-electron chi connectivity index (χ3n) is 6.51. The van der Waals surface area contributed by atoms with Gasteiger partial charge in [-0.05, 0) is 47.9 Å². The Morgan fingerprint density at radius 3 is 2.16 bits per heavy atom. The second-order valence-corrected chi connectivity index (χ2v) is 8.54. The van der Waals surface area contributed by atoms with Crippen molar-refractivity contribution >= 4 is 18.0 Å². The molecule has 2 aliphatic carbocycles. The number of aliphatic carboxylic acids is 1. The summed E-state index contributed by atoms with van der Waals surface area (Å²) in [7, 11) is 0. The molecule has 0 radical (unpaired) electrons. The third-order valence-corrected chi connectivity index (χ3v) is 6.51. The molecule has 0 aliphatic heterocycles. The minimum Gasteiger partial charge on any atom is -0.480 e. The van der Waals surface area contributed by atoms with Crippen LogP contribution in [0.4, 0.5) is 4.79 Å². The van der Waals surface area contributed by atoms with E-state index >= 15 is 0 Å². The van der Waals surface area contributed by atoms with E-state index in [1.54, 1.807) is 0 Å². The second-order valence-electron chi connectivity index (χ2n) is 8.54. The number of carbonyl (C=O) groups excluding carboxylic acids is 2. The first-order valence-corrected chi connectivity index (χ1v) is 11.1. The molecule has 0 saturated heterocycles. The molecule has 0 aromatic heterocycles. The van der Waals surface area contributed by atoms with Gasteiger partial charge in [-0.15, -0.1) is 0 Å². The first-order chi connectivity index (χ1) is 15.4. The molecule has 7 heteroatoms. The summed E-state index contributed by atoms with van der Waals surface area (Å²) >= 11 is 0. The quantitative estimate of drug-likeness (QED) is 0.584. The highest BCUT2D eigenvalue weighted by Gasteiger charge is 2.47. The van der Waals surface area contributed by atoms with Crippen LogP contribution in [0.25, 0.3) is 11.1 Å². The lowest BCUT2D eigenvalue weighted by molar-refractivity contribution is -0.144. The fourth-order valence-electron chi connectivity index (χ4n) is 4.61. The molecule has 2 amide bonds. The maximum atomic E-state index is 12.8. The van der Waals surface area contributed by atoms with Gasteiger partial charge in [0.2, 0.25) is 5.91 Å². The molecule has 32 heavy (non-hydrogen) atoms. The highest BCUT2D eigenvalue weighted by Crippen LogP contribution is 2.44. The summed E-state index contributed by atoms with van der Waals surface area (Å²) in [5, 5.41) is 14.6. The van der Waals surface area contributed by atoms with Crippen LogP contribution in [0.2, 0.25) is 0 Å². The lowest BCUT2D eigenvalue weighted by atomic mass is 9.76. The average Bonchev–Trinajstić information content (AvgIpc) is 3.08. The fraction of sp³-hybridized carbons (Fsp3) is 0.400. The van der Waals surface area contributed by atoms with E-state index in [1.165, 1.54) is 0 Å². The molecular formula is C25H28N2O5. The van der Waals surface area contributed by atoms with Crippen LogP contribution in [0.15, 0.2) is 48.5 Å². The molecule has 0 bridgehead atoms. The molecule has 2 aromatic carbocycles. The largest absolute Gasteiger partial charge is 0.480 e. The Balaban J connectivity index is 1.41. The predicted molar refractivity (Wildman–Crippen MR) is 119 cm³/mol. The van der Waals surface area contributed by atoms with E-state index in [0.717, 1.165) is 28.7 Å². The summed E-state index contributed by atoms with van der Waals surface area (Å²) in [5.41, 5.74) is 3.40. The molecule has 4 rings (SSSR count). The lowest BCUT2D eigenvalue weighted by Gasteiger charge is -2.40. The van der Waals surface area contributed by atoms with Crippen LogP contribution < -0.4 is 10.6 Å². The minimum atomic E-state index is -1.11. The number of ether oxygens (including phenoxy) is 1. The van der Waals surface area contributed by atoms with Gasteiger partial charge < -0.3 is 20.5 Å². The van der Waals surface area contributed by atoms with Gasteiger partial charge in [-0.2, -0.15) is 0 Å². The lowest BCUT2D eigenvalue weighted by Crippen LogP contribution is -2.64. The van der Waals surface area contributed by atoms with Crippen LogP contribution >= 0.6 is 0 Å². The molecule has 1 atom stereocenters. The van der Waals surface area contributed by atoms with Gasteiger partial charge in [-0.1, -0.05) is 61.9 Å². The average molecular weight is 437 g/mol. The Kier molecular flexibility index (Phi) is 6.17. The van der Waals surface area contributed by atoms with Gasteiger partial charge in [0.1, 0.15) is 18.2 Å². The van der Waals surface area contributed by atoms with Crippen molar-refractivity contribution in [2.45, 2.75) is 56.5 Å². The highest BCUT2D eigenvalue weighted by molar-refractivity contribution is 5.93. The Morgan fingerprint density at radius 2 is 1.66 bits per heavy atom. The van der Waals surface area contributed by atoms with E-state index in [0.29, 0.717) is 25.7 Å². The summed E-state index contributed by atoms with van der Waals surface area (Å²) in [4.78, 5) is 36.9. The molecule has 0 spiro atoms. The third kappa shape index (κ3) is 4.07. The first kappa shape index (κ1) is 21.9. The van der Waals surface area contributed by atoms with Crippen molar-refractivity contribution in [2.75, 3.05) is 6.61 Å². The Hall–Kier alpha value is -3.35. The van der Waals surface area contributed by atoms with E-state index in [2.05, 4.69) is 22.8 Å². The number of fused-ring (bicyclic) bond motifs is 3. The van der Waals surface area contributed by atoms with Crippen molar-refractivity contribution in [3.63, 3.8) is 0 Å². The van der Waals surface area contributed by atoms with Gasteiger partial charge in [0.25, 0.3) is 0 Å². The number of nitrogens with one attached hydrogen (secondary N) is 2. The molecule has 3 N–H and O–H groups in total. The van der Waals surface area contributed by atoms with Crippen molar-refractivity contribution in [3.05, 3.63) is 59.7 Å². The number of amides is 2. The Morgan fingerprint density at radius 1 is 1.06 bits per heavy atom. The predicted octanol–water partition coefficient (Wildman–Crippen LogP) is 3.82. The molecule has 1 fully saturated rings. The number of carbonyl (C=O) groups is 3. The number of hydrogen-bond acceptors (Lipinski definition) is 4. The summed E-state index contributed by atoms with van der Waals surface area (Å²) in [6.45, 7) is 2.02. The number of rotatable bonds is 8. The van der Waals surface area contributed by atoms with Crippen LogP contribution in [0, 0.1) is 0 Å². The van der Waals surface area contributed by atoms with Gasteiger partial charge in [-0.25, -0.2) is 9.59 Å². The van der Waals surface area contributed by atoms with Crippen LogP contribution in [0.5, 0.6) is 0 Å². The van der Waals surface area contributed by atoms with E-state index in [9.17, 15) is 19.5 Å². The van der Waals surface area contributed by atoms with Crippen LogP contribution in [-0.4, -0.2) is 41.3 Å². The second kappa shape index (κ2) is 9.02. The van der Waals surface area contributed by atoms with E-state index < -0.39 is 29.6 Å². The first-order valence-electron chi connectivity index (χ1n) is 11.1. The van der Waals surface area contributed by atoms with Gasteiger partial charge >= 0.3 is 12.1 Å². The molecular weight excluding hydrogens is 408 g/mol. The number of carboxylic acid groups (broad SMARTS) is 1. The number of benzene rings is 2. The number of carboxylic acids is 1. The van der Waals surface area contributed by atoms with Crippen molar-refractivity contribution in [2.24, 2.45) is 0 Å². The zero-order chi connectivity index (χ0) is 22.7. The summed E-state index contributed by atoms with van der Waals surface area (Å²) in [6, 6.07) is 15.2. The van der Waals surface area contributed by atoms with Gasteiger partial charge in [0.15, 0.2) is 0 Å². The van der Waals surface area contributed by atoms with Crippen molar-refractivity contribution in [3.8, 4) is 11.1 Å². The van der Waals surface area contributed by atoms with Gasteiger partial charge in [0, 0.05) is 5.92 Å². The standard InChI is InChI=1S/C25H28N2O5/c1-2-8-21(22(28)29)26-23(30)25(13-7-14-25)27-24(31)32-15-20-18-11-5-3-9-16(18)17-10-4-6-12-19(17)20/h3-6,9-12,20-21H,2,7-8,13-15H2,1H3,(H,26,30)(H,27,31)(H,28,29)/t21-/m1/s1. The summed E-state index contributed by atoms with van der Waals surface area (Å²) < 4.78 is 5.57. The fourth-order valence-corrected chi connectivity index (χ4v) is 4.61. The van der Waals surface area contributed by atoms with Gasteiger partial charge in [0.05, 0.1) is 0 Å².